The minimum Gasteiger partial charge on any atom is -0.456 e. The van der Waals surface area contributed by atoms with E-state index >= 15 is 0 Å². The number of nitrogens with zero attached hydrogens (tertiary/aromatic N) is 6. The molecular formula is C52H20B10N6O2. The van der Waals surface area contributed by atoms with Gasteiger partial charge in [-0.2, -0.15) is 9.97 Å². The topological polar surface area (TPSA) is 87.7 Å². The molecule has 5 heterocycles. The number of aromatic nitrogens is 6. The first kappa shape index (κ1) is 42.4. The molecule has 300 valence electrons. The Kier molecular flexibility index (Phi) is 9.32. The van der Waals surface area contributed by atoms with E-state index in [1.807, 2.05) is 102 Å². The van der Waals surface area contributed by atoms with Crippen molar-refractivity contribution in [2.45, 2.75) is 0 Å². The minimum absolute atomic E-state index is 0.00331. The van der Waals surface area contributed by atoms with Gasteiger partial charge in [-0.05, 0) is 48.5 Å². The Morgan fingerprint density at radius 3 is 1.44 bits per heavy atom. The molecule has 0 amide bonds. The fourth-order valence-corrected chi connectivity index (χ4v) is 9.88. The molecule has 18 heteroatoms. The molecule has 20 radical (unpaired) electrons. The summed E-state index contributed by atoms with van der Waals surface area (Å²) in [5, 5.41) is 5.78. The lowest BCUT2D eigenvalue weighted by molar-refractivity contribution is 0.619. The number of rotatable bonds is 5. The van der Waals surface area contributed by atoms with E-state index in [0.717, 1.165) is 76.8 Å². The van der Waals surface area contributed by atoms with Crippen LogP contribution in [0.25, 0.3) is 123 Å². The molecule has 0 aliphatic rings. The van der Waals surface area contributed by atoms with Gasteiger partial charge in [-0.1, -0.05) is 88.6 Å². The van der Waals surface area contributed by atoms with Crippen LogP contribution in [-0.2, 0) is 0 Å². The van der Waals surface area contributed by atoms with E-state index in [-0.39, 0.29) is 83.4 Å². The molecule has 0 saturated carbocycles. The van der Waals surface area contributed by atoms with E-state index in [0.29, 0.717) is 17.0 Å². The average Bonchev–Trinajstić information content (AvgIpc) is 4.15. The molecule has 0 unspecified atom stereocenters. The summed E-state index contributed by atoms with van der Waals surface area (Å²) in [4.78, 5) is 20.0. The average molecular weight is 869 g/mol. The zero-order valence-electron chi connectivity index (χ0n) is 36.8. The van der Waals surface area contributed by atoms with E-state index in [1.54, 1.807) is 0 Å². The van der Waals surface area contributed by atoms with Crippen molar-refractivity contribution in [1.29, 1.82) is 0 Å². The number of furan rings is 1. The molecule has 0 spiro atoms. The number of oxazole rings is 1. The first-order chi connectivity index (χ1) is 33.9. The fourth-order valence-electron chi connectivity index (χ4n) is 9.88. The molecule has 13 rings (SSSR count). The van der Waals surface area contributed by atoms with Crippen LogP contribution in [0, 0.1) is 0 Å². The molecular weight excluding hydrogens is 849 g/mol. The van der Waals surface area contributed by atoms with Gasteiger partial charge < -0.3 is 13.4 Å². The quantitative estimate of drug-likeness (QED) is 0.241. The summed E-state index contributed by atoms with van der Waals surface area (Å²) in [5.74, 6) is 0.530. The summed E-state index contributed by atoms with van der Waals surface area (Å²) in [6.45, 7) is 0. The highest BCUT2D eigenvalue weighted by Crippen LogP contribution is 2.42. The van der Waals surface area contributed by atoms with Gasteiger partial charge in [0.25, 0.3) is 0 Å². The van der Waals surface area contributed by atoms with Crippen LogP contribution in [0.15, 0.2) is 130 Å². The van der Waals surface area contributed by atoms with Crippen molar-refractivity contribution < 1.29 is 8.83 Å². The lowest BCUT2D eigenvalue weighted by Gasteiger charge is -2.23. The van der Waals surface area contributed by atoms with Crippen LogP contribution in [0.3, 0.4) is 0 Å². The van der Waals surface area contributed by atoms with Crippen molar-refractivity contribution in [3.8, 4) is 45.9 Å². The fraction of sp³-hybridized carbons (Fsp3) is 0. The smallest absolute Gasteiger partial charge is 0.238 e. The van der Waals surface area contributed by atoms with Crippen LogP contribution in [-0.4, -0.2) is 108 Å². The molecule has 0 saturated heterocycles. The molecule has 0 fully saturated rings. The Bertz CT molecular complexity index is 4320. The van der Waals surface area contributed by atoms with Crippen molar-refractivity contribution in [3.63, 3.8) is 0 Å². The van der Waals surface area contributed by atoms with Gasteiger partial charge in [-0.15, -0.1) is 32.8 Å². The summed E-state index contributed by atoms with van der Waals surface area (Å²) < 4.78 is 16.9. The Labute approximate surface area is 412 Å². The maximum atomic E-state index is 6.69. The van der Waals surface area contributed by atoms with Gasteiger partial charge in [-0.25, -0.2) is 9.97 Å². The second kappa shape index (κ2) is 15.4. The van der Waals surface area contributed by atoms with E-state index < -0.39 is 0 Å². The van der Waals surface area contributed by atoms with Crippen molar-refractivity contribution in [3.05, 3.63) is 121 Å². The second-order valence-electron chi connectivity index (χ2n) is 17.2. The van der Waals surface area contributed by atoms with Gasteiger partial charge in [0.05, 0.1) is 27.8 Å². The lowest BCUT2D eigenvalue weighted by atomic mass is 9.60. The first-order valence-corrected chi connectivity index (χ1v) is 22.0. The monoisotopic (exact) mass is 870 g/mol. The molecule has 8 aromatic carbocycles. The summed E-state index contributed by atoms with van der Waals surface area (Å²) >= 11 is 0. The van der Waals surface area contributed by atoms with Gasteiger partial charge in [0.1, 0.15) is 95.1 Å². The Balaban J connectivity index is 1.10. The maximum Gasteiger partial charge on any atom is 0.238 e. The minimum atomic E-state index is -0.0223. The predicted octanol–water partition coefficient (Wildman–Crippen LogP) is 1.05. The van der Waals surface area contributed by atoms with Crippen LogP contribution >= 0.6 is 0 Å². The van der Waals surface area contributed by atoms with Gasteiger partial charge >= 0.3 is 0 Å². The van der Waals surface area contributed by atoms with Gasteiger partial charge in [0.15, 0.2) is 17.2 Å². The lowest BCUT2D eigenvalue weighted by Crippen LogP contribution is -2.55. The Morgan fingerprint density at radius 1 is 0.357 bits per heavy atom. The highest BCUT2D eigenvalue weighted by molar-refractivity contribution is 6.70. The van der Waals surface area contributed by atoms with E-state index in [9.17, 15) is 0 Å². The highest BCUT2D eigenvalue weighted by Gasteiger charge is 2.26. The third-order valence-electron chi connectivity index (χ3n) is 13.4. The molecule has 70 heavy (non-hydrogen) atoms. The Morgan fingerprint density at radius 2 is 0.843 bits per heavy atom. The van der Waals surface area contributed by atoms with Gasteiger partial charge in [-0.3, -0.25) is 4.57 Å². The molecule has 0 bridgehead atoms. The van der Waals surface area contributed by atoms with Gasteiger partial charge in [0.2, 0.25) is 11.8 Å². The normalized spacial score (nSPS) is 12.0. The number of benzene rings is 8. The van der Waals surface area contributed by atoms with Crippen molar-refractivity contribution in [2.75, 3.05) is 0 Å². The van der Waals surface area contributed by atoms with Crippen LogP contribution in [0.1, 0.15) is 0 Å². The third-order valence-corrected chi connectivity index (χ3v) is 13.4. The van der Waals surface area contributed by atoms with E-state index in [4.69, 9.17) is 107 Å². The largest absolute Gasteiger partial charge is 0.456 e. The molecule has 0 N–H and O–H groups in total. The summed E-state index contributed by atoms with van der Waals surface area (Å²) in [5.41, 5.74) is 7.86. The molecule has 13 aromatic rings. The number of fused-ring (bicyclic) bond motifs is 11. The second-order valence-corrected chi connectivity index (χ2v) is 17.2. The summed E-state index contributed by atoms with van der Waals surface area (Å²) in [6.07, 6.45) is 0. The zero-order valence-corrected chi connectivity index (χ0v) is 36.8. The number of hydrogen-bond acceptors (Lipinski definition) is 6. The number of hydrogen-bond donors (Lipinski definition) is 0. The van der Waals surface area contributed by atoms with Crippen LogP contribution in [0.4, 0.5) is 0 Å². The van der Waals surface area contributed by atoms with Gasteiger partial charge in [0, 0.05) is 55.1 Å². The first-order valence-electron chi connectivity index (χ1n) is 22.0. The molecule has 5 aromatic heterocycles. The molecule has 8 nitrogen and oxygen atoms in total. The molecule has 0 aliphatic heterocycles. The van der Waals surface area contributed by atoms with Crippen molar-refractivity contribution in [1.82, 2.24) is 29.1 Å². The SMILES string of the molecule is [B]c1c([B])c([B])c(-c2nc(-c3c([B])c([B])c([B])c([B])c3[B])nc(-n3c4ccccc4c4ccc5c6ccccc6n(-c6ccc7nc(-c8ccc9c(c8)oc8ccccc89)oc7c6)c5c43)n2)c([B])c1[B]. The third kappa shape index (κ3) is 5.98. The molecule has 0 aliphatic carbocycles. The molecule has 0 atom stereocenters. The Hall–Kier alpha value is -7.71. The van der Waals surface area contributed by atoms with Crippen LogP contribution < -0.4 is 54.6 Å². The van der Waals surface area contributed by atoms with Crippen molar-refractivity contribution >= 4 is 210 Å². The van der Waals surface area contributed by atoms with Crippen LogP contribution in [0.2, 0.25) is 0 Å². The van der Waals surface area contributed by atoms with Crippen molar-refractivity contribution in [2.24, 2.45) is 0 Å². The maximum absolute atomic E-state index is 6.69. The predicted molar refractivity (Wildman–Crippen MR) is 294 cm³/mol. The zero-order chi connectivity index (χ0) is 48.0. The summed E-state index contributed by atoms with van der Waals surface area (Å²) in [7, 11) is 65.0. The number of para-hydroxylation sites is 3. The van der Waals surface area contributed by atoms with E-state index in [1.165, 1.54) is 0 Å². The van der Waals surface area contributed by atoms with E-state index in [2.05, 4.69) is 28.8 Å². The highest BCUT2D eigenvalue weighted by atomic mass is 16.3. The summed E-state index contributed by atoms with van der Waals surface area (Å²) in [6, 6.07) is 40.2. The van der Waals surface area contributed by atoms with Crippen LogP contribution in [0.5, 0.6) is 0 Å². The standard InChI is InChI=1S/C52H20B10N6O2/c53-37-35(38(54)42(58)45(61)41(37)57)49-64-50(36-39(55)43(59)46(62)44(60)40(36)56)66-52(65-49)68-31-11-5-2-8-24(31)28-17-16-27-23-7-1-4-10-30(23)67(47(27)48(28)68)22-14-18-29-34(20-22)70-51(63-29)21-13-15-26-25-9-3-6-12-32(25)69-33(26)19-21/h1-20H.